The first-order chi connectivity index (χ1) is 21.8. The van der Waals surface area contributed by atoms with Crippen LogP contribution in [0.5, 0.6) is 0 Å². The molecule has 1 unspecified atom stereocenters. The molecular formula is C16H3F31O4S. The Morgan fingerprint density at radius 1 is 0.365 bits per heavy atom. The molecule has 0 amide bonds. The van der Waals surface area contributed by atoms with Gasteiger partial charge in [0.2, 0.25) is 0 Å². The number of rotatable bonds is 17. The standard InChI is InChI=1S/C16H3F31O4S/c17-1(18)3(20,21)5(24,25)7(28,29)9(32,33)11(36,37)12(38,39)10(34,35)8(30,31)6(26,27)4(22,23)2(19)51-15(44,45)13(40,41)14(42,43)16(46,47)52(48,49)50/h1-2H,(H,48,49,50). The third kappa shape index (κ3) is 6.00. The lowest BCUT2D eigenvalue weighted by Crippen LogP contribution is -2.77. The van der Waals surface area contributed by atoms with Crippen LogP contribution in [-0.2, 0) is 14.9 Å². The Morgan fingerprint density at radius 3 is 0.827 bits per heavy atom. The average molecular weight is 880 g/mol. The SMILES string of the molecule is O=S(=O)(O)C(F)(F)C(F)(F)C(F)(F)C(F)(F)OC(F)C(F)(F)C(F)(F)C(F)(F)C(F)(F)C(F)(F)C(F)(F)C(F)(F)C(F)(F)C(F)(F)C(F)(F)C(F)F. The van der Waals surface area contributed by atoms with Crippen LogP contribution in [0.25, 0.3) is 0 Å². The molecule has 314 valence electrons. The Hall–Kier alpha value is -2.30. The number of alkyl halides is 31. The molecule has 0 aromatic heterocycles. The molecule has 52 heavy (non-hydrogen) atoms. The minimum atomic E-state index is -9.92. The monoisotopic (exact) mass is 880 g/mol. The third-order valence-corrected chi connectivity index (χ3v) is 6.76. The molecule has 0 heterocycles. The number of hydrogen-bond donors (Lipinski definition) is 1. The molecule has 36 heteroatoms. The summed E-state index contributed by atoms with van der Waals surface area (Å²) in [6.45, 7) is 0. The van der Waals surface area contributed by atoms with Crippen LogP contribution >= 0.6 is 0 Å². The summed E-state index contributed by atoms with van der Waals surface area (Å²) in [4.78, 5) is 0. The third-order valence-electron chi connectivity index (χ3n) is 5.86. The van der Waals surface area contributed by atoms with E-state index < -0.39 is 105 Å². The van der Waals surface area contributed by atoms with Crippen LogP contribution in [0, 0.1) is 0 Å². The Labute approximate surface area is 260 Å². The van der Waals surface area contributed by atoms with Gasteiger partial charge in [-0.1, -0.05) is 0 Å². The minimum Gasteiger partial charge on any atom is -0.281 e. The van der Waals surface area contributed by atoms with Crippen molar-refractivity contribution in [3.63, 3.8) is 0 Å². The van der Waals surface area contributed by atoms with E-state index in [0.717, 1.165) is 4.74 Å². The van der Waals surface area contributed by atoms with E-state index in [1.54, 1.807) is 0 Å². The van der Waals surface area contributed by atoms with Crippen LogP contribution in [0.2, 0.25) is 0 Å². The molecular weight excluding hydrogens is 877 g/mol. The molecule has 0 saturated heterocycles. The minimum absolute atomic E-state index is 1.08. The van der Waals surface area contributed by atoms with Gasteiger partial charge in [-0.15, -0.1) is 0 Å². The van der Waals surface area contributed by atoms with E-state index in [2.05, 4.69) is 0 Å². The molecule has 0 rings (SSSR count). The smallest absolute Gasteiger partial charge is 0.281 e. The Morgan fingerprint density at radius 2 is 0.596 bits per heavy atom. The van der Waals surface area contributed by atoms with Gasteiger partial charge in [0.05, 0.1) is 0 Å². The van der Waals surface area contributed by atoms with E-state index in [0.29, 0.717) is 0 Å². The van der Waals surface area contributed by atoms with Crippen LogP contribution < -0.4 is 0 Å². The highest BCUT2D eigenvalue weighted by molar-refractivity contribution is 7.87. The quantitative estimate of drug-likeness (QED) is 0.117. The molecule has 0 fully saturated rings. The van der Waals surface area contributed by atoms with Gasteiger partial charge in [-0.05, 0) is 0 Å². The van der Waals surface area contributed by atoms with Gasteiger partial charge >= 0.3 is 99.0 Å². The summed E-state index contributed by atoms with van der Waals surface area (Å²) in [7, 11) is -8.13. The van der Waals surface area contributed by atoms with Crippen LogP contribution in [-0.4, -0.2) is 108 Å². The summed E-state index contributed by atoms with van der Waals surface area (Å²) in [5, 5.41) is -8.03. The molecule has 1 atom stereocenters. The topological polar surface area (TPSA) is 63.6 Å². The van der Waals surface area contributed by atoms with Crippen molar-refractivity contribution >= 4 is 10.1 Å². The molecule has 4 nitrogen and oxygen atoms in total. The van der Waals surface area contributed by atoms with Gasteiger partial charge in [-0.2, -0.15) is 131 Å². The lowest BCUT2D eigenvalue weighted by Gasteiger charge is -2.45. The zero-order chi connectivity index (χ0) is 43.4. The second kappa shape index (κ2) is 12.4. The average Bonchev–Trinajstić information content (AvgIpc) is 2.90. The van der Waals surface area contributed by atoms with Crippen LogP contribution in [0.15, 0.2) is 0 Å². The van der Waals surface area contributed by atoms with Gasteiger partial charge in [0, 0.05) is 0 Å². The van der Waals surface area contributed by atoms with Crippen molar-refractivity contribution < 1.29 is 154 Å². The zero-order valence-electron chi connectivity index (χ0n) is 22.0. The maximum absolute atomic E-state index is 13.8. The van der Waals surface area contributed by atoms with Crippen molar-refractivity contribution in [2.75, 3.05) is 0 Å². The molecule has 0 aliphatic heterocycles. The largest absolute Gasteiger partial charge is 0.438 e. The van der Waals surface area contributed by atoms with Gasteiger partial charge in [0.15, 0.2) is 0 Å². The maximum atomic E-state index is 13.8. The second-order valence-corrected chi connectivity index (χ2v) is 10.7. The van der Waals surface area contributed by atoms with Gasteiger partial charge < -0.3 is 0 Å². The van der Waals surface area contributed by atoms with Crippen LogP contribution in [0.1, 0.15) is 0 Å². The number of halogens is 31. The van der Waals surface area contributed by atoms with E-state index >= 15 is 0 Å². The van der Waals surface area contributed by atoms with E-state index in [1.807, 2.05) is 0 Å². The first kappa shape index (κ1) is 49.7. The highest BCUT2D eigenvalue weighted by Gasteiger charge is 2.98. The van der Waals surface area contributed by atoms with Crippen molar-refractivity contribution in [1.82, 2.24) is 0 Å². The molecule has 1 N–H and O–H groups in total. The normalized spacial score (nSPS) is 17.6. The first-order valence-electron chi connectivity index (χ1n) is 10.7. The lowest BCUT2D eigenvalue weighted by molar-refractivity contribution is -0.484. The highest BCUT2D eigenvalue weighted by Crippen LogP contribution is 2.67. The van der Waals surface area contributed by atoms with Gasteiger partial charge in [-0.25, -0.2) is 13.2 Å². The summed E-state index contributed by atoms with van der Waals surface area (Å²) >= 11 is 0. The summed E-state index contributed by atoms with van der Waals surface area (Å²) in [5.74, 6) is -111. The van der Waals surface area contributed by atoms with Gasteiger partial charge in [-0.3, -0.25) is 9.29 Å². The second-order valence-electron chi connectivity index (χ2n) is 9.23. The van der Waals surface area contributed by atoms with Crippen molar-refractivity contribution in [1.29, 1.82) is 0 Å². The molecule has 0 spiro atoms. The highest BCUT2D eigenvalue weighted by atomic mass is 32.2. The van der Waals surface area contributed by atoms with Crippen LogP contribution in [0.4, 0.5) is 136 Å². The van der Waals surface area contributed by atoms with Crippen molar-refractivity contribution in [3.8, 4) is 0 Å². The van der Waals surface area contributed by atoms with Crippen molar-refractivity contribution in [2.45, 2.75) is 95.2 Å². The molecule has 0 radical (unpaired) electrons. The summed E-state index contributed by atoms with van der Waals surface area (Å²) < 4.78 is 443. The van der Waals surface area contributed by atoms with Crippen molar-refractivity contribution in [3.05, 3.63) is 0 Å². The number of ether oxygens (including phenoxy) is 1. The predicted molar refractivity (Wildman–Crippen MR) is 92.8 cm³/mol. The van der Waals surface area contributed by atoms with E-state index in [-0.39, 0.29) is 0 Å². The molecule has 0 saturated carbocycles. The lowest BCUT2D eigenvalue weighted by atomic mass is 9.85. The van der Waals surface area contributed by atoms with Gasteiger partial charge in [0.25, 0.3) is 6.36 Å². The number of hydrogen-bond acceptors (Lipinski definition) is 3. The fourth-order valence-corrected chi connectivity index (χ4v) is 3.14. The Kier molecular flexibility index (Phi) is 11.8. The Balaban J connectivity index is 7.32. The molecule has 0 aliphatic rings. The fourth-order valence-electron chi connectivity index (χ4n) is 2.69. The summed E-state index contributed by atoms with van der Waals surface area (Å²) in [6.07, 6.45) is -22.3. The first-order valence-corrected chi connectivity index (χ1v) is 12.1. The van der Waals surface area contributed by atoms with Crippen molar-refractivity contribution in [2.24, 2.45) is 0 Å². The van der Waals surface area contributed by atoms with E-state index in [9.17, 15) is 145 Å². The molecule has 0 bridgehead atoms. The fraction of sp³-hybridized carbons (Fsp3) is 1.00. The van der Waals surface area contributed by atoms with E-state index in [4.69, 9.17) is 4.55 Å². The predicted octanol–water partition coefficient (Wildman–Crippen LogP) is 9.26. The molecule has 0 aromatic rings. The summed E-state index contributed by atoms with van der Waals surface area (Å²) in [5.41, 5.74) is 0. The molecule has 0 aromatic carbocycles. The summed E-state index contributed by atoms with van der Waals surface area (Å²) in [6, 6.07) is 0. The maximum Gasteiger partial charge on any atom is 0.438 e. The molecule has 0 aliphatic carbocycles. The Bertz CT molecular complexity index is 1410. The van der Waals surface area contributed by atoms with Gasteiger partial charge in [0.1, 0.15) is 0 Å². The van der Waals surface area contributed by atoms with E-state index in [1.165, 1.54) is 0 Å². The zero-order valence-corrected chi connectivity index (χ0v) is 22.8. The van der Waals surface area contributed by atoms with Crippen LogP contribution in [0.3, 0.4) is 0 Å².